The molecule has 0 aromatic carbocycles. The van der Waals surface area contributed by atoms with Crippen molar-refractivity contribution < 1.29 is 13.2 Å². The second-order valence-corrected chi connectivity index (χ2v) is 5.84. The maximum absolute atomic E-state index is 11.0. The molecule has 1 aromatic rings. The summed E-state index contributed by atoms with van der Waals surface area (Å²) in [5, 5.41) is -0.334. The second kappa shape index (κ2) is 3.96. The molecule has 76 valence electrons. The summed E-state index contributed by atoms with van der Waals surface area (Å²) in [5.74, 6) is -0.255. The predicted molar refractivity (Wildman–Crippen MR) is 55.0 cm³/mol. The fourth-order valence-electron chi connectivity index (χ4n) is 0.801. The molecule has 0 spiro atoms. The highest BCUT2D eigenvalue weighted by Crippen LogP contribution is 2.18. The summed E-state index contributed by atoms with van der Waals surface area (Å²) in [6, 6.07) is 2.56. The molecule has 1 rings (SSSR count). The normalized spacial score (nSPS) is 11.4. The molecule has 4 nitrogen and oxygen atoms in total. The molecule has 0 aliphatic carbocycles. The smallest absolute Gasteiger partial charge is 0.278 e. The first-order valence-electron chi connectivity index (χ1n) is 3.44. The van der Waals surface area contributed by atoms with Gasteiger partial charge in [-0.25, -0.2) is 13.4 Å². The summed E-state index contributed by atoms with van der Waals surface area (Å²) in [6.07, 6.45) is 0. The van der Waals surface area contributed by atoms with Gasteiger partial charge in [-0.05, 0) is 35.0 Å². The first-order valence-corrected chi connectivity index (χ1v) is 6.54. The fraction of sp³-hybridized carbons (Fsp3) is 0.143. The van der Waals surface area contributed by atoms with Crippen LogP contribution in [0.2, 0.25) is 0 Å². The van der Waals surface area contributed by atoms with E-state index >= 15 is 0 Å². The molecule has 0 saturated carbocycles. The van der Waals surface area contributed by atoms with E-state index in [1.54, 1.807) is 0 Å². The number of aromatic nitrogens is 1. The van der Waals surface area contributed by atoms with E-state index in [1.807, 2.05) is 0 Å². The molecule has 1 heterocycles. The van der Waals surface area contributed by atoms with Crippen molar-refractivity contribution >= 4 is 41.4 Å². The number of rotatable bonds is 2. The molecule has 0 fully saturated rings. The number of Topliss-reactive ketones (excluding diaryl/α,β-unsaturated/α-hetero) is 1. The molecule has 7 heteroatoms. The van der Waals surface area contributed by atoms with Crippen LogP contribution < -0.4 is 0 Å². The third-order valence-electron chi connectivity index (χ3n) is 1.43. The molecule has 0 bridgehead atoms. The number of hydrogen-bond donors (Lipinski definition) is 0. The van der Waals surface area contributed by atoms with Gasteiger partial charge in [0.2, 0.25) is 0 Å². The Balaban J connectivity index is 3.43. The van der Waals surface area contributed by atoms with E-state index in [0.29, 0.717) is 0 Å². The van der Waals surface area contributed by atoms with Crippen LogP contribution in [-0.4, -0.2) is 19.2 Å². The monoisotopic (exact) mass is 297 g/mol. The Kier molecular flexibility index (Phi) is 3.28. The van der Waals surface area contributed by atoms with Gasteiger partial charge >= 0.3 is 0 Å². The number of nitrogens with zero attached hydrogens (tertiary/aromatic N) is 1. The van der Waals surface area contributed by atoms with Crippen molar-refractivity contribution in [2.24, 2.45) is 0 Å². The van der Waals surface area contributed by atoms with Gasteiger partial charge in [0.1, 0.15) is 4.60 Å². The molecule has 0 N–H and O–H groups in total. The quantitative estimate of drug-likeness (QED) is 0.476. The first-order chi connectivity index (χ1) is 6.30. The lowest BCUT2D eigenvalue weighted by Crippen LogP contribution is -2.00. The Labute approximate surface area is 93.8 Å². The van der Waals surface area contributed by atoms with E-state index in [1.165, 1.54) is 13.0 Å². The number of ketones is 1. The highest BCUT2D eigenvalue weighted by molar-refractivity contribution is 9.10. The lowest BCUT2D eigenvalue weighted by Gasteiger charge is -2.00. The Bertz CT molecular complexity index is 486. The summed E-state index contributed by atoms with van der Waals surface area (Å²) in [7, 11) is 1.18. The van der Waals surface area contributed by atoms with Crippen molar-refractivity contribution in [3.8, 4) is 0 Å². The van der Waals surface area contributed by atoms with E-state index in [2.05, 4.69) is 20.9 Å². The van der Waals surface area contributed by atoms with Gasteiger partial charge in [-0.1, -0.05) is 0 Å². The lowest BCUT2D eigenvalue weighted by atomic mass is 10.2. The van der Waals surface area contributed by atoms with E-state index in [0.717, 1.165) is 6.07 Å². The van der Waals surface area contributed by atoms with E-state index in [9.17, 15) is 13.2 Å². The maximum atomic E-state index is 11.0. The van der Waals surface area contributed by atoms with Crippen molar-refractivity contribution in [3.63, 3.8) is 0 Å². The standard InChI is InChI=1S/C7H5BrClNO3S/c1-4(11)5-2-6(8)10-7(3-5)14(9,12)13/h2-3H,1H3. The SMILES string of the molecule is CC(=O)c1cc(Br)nc(S(=O)(=O)Cl)c1. The van der Waals surface area contributed by atoms with Crippen LogP contribution in [0.15, 0.2) is 21.8 Å². The lowest BCUT2D eigenvalue weighted by molar-refractivity contribution is 0.101. The zero-order valence-electron chi connectivity index (χ0n) is 6.99. The van der Waals surface area contributed by atoms with E-state index < -0.39 is 9.05 Å². The topological polar surface area (TPSA) is 64.1 Å². The number of halogens is 2. The molecule has 0 aliphatic heterocycles. The van der Waals surface area contributed by atoms with Crippen LogP contribution in [-0.2, 0) is 9.05 Å². The minimum atomic E-state index is -3.90. The van der Waals surface area contributed by atoms with Crippen molar-refractivity contribution in [1.82, 2.24) is 4.98 Å². The highest BCUT2D eigenvalue weighted by Gasteiger charge is 2.15. The zero-order chi connectivity index (χ0) is 10.9. The third-order valence-corrected chi connectivity index (χ3v) is 3.02. The molecule has 1 aromatic heterocycles. The van der Waals surface area contributed by atoms with Gasteiger partial charge in [-0.15, -0.1) is 0 Å². The molecule has 0 radical (unpaired) electrons. The Morgan fingerprint density at radius 1 is 1.50 bits per heavy atom. The Hall–Kier alpha value is -0.460. The molecule has 0 aliphatic rings. The van der Waals surface area contributed by atoms with Crippen LogP contribution in [0, 0.1) is 0 Å². The predicted octanol–water partition coefficient (Wildman–Crippen LogP) is 1.97. The van der Waals surface area contributed by atoms with Gasteiger partial charge in [0.25, 0.3) is 9.05 Å². The second-order valence-electron chi connectivity index (χ2n) is 2.51. The minimum Gasteiger partial charge on any atom is -0.295 e. The van der Waals surface area contributed by atoms with Crippen LogP contribution in [0.3, 0.4) is 0 Å². The van der Waals surface area contributed by atoms with Gasteiger partial charge < -0.3 is 0 Å². The Morgan fingerprint density at radius 3 is 2.50 bits per heavy atom. The van der Waals surface area contributed by atoms with Gasteiger partial charge in [-0.3, -0.25) is 4.79 Å². The van der Waals surface area contributed by atoms with Gasteiger partial charge in [-0.2, -0.15) is 0 Å². The zero-order valence-corrected chi connectivity index (χ0v) is 10.1. The average molecular weight is 299 g/mol. The van der Waals surface area contributed by atoms with E-state index in [4.69, 9.17) is 10.7 Å². The fourth-order valence-corrected chi connectivity index (χ4v) is 2.07. The number of carbonyl (C=O) groups is 1. The van der Waals surface area contributed by atoms with Crippen LogP contribution in [0.1, 0.15) is 17.3 Å². The largest absolute Gasteiger partial charge is 0.295 e. The maximum Gasteiger partial charge on any atom is 0.278 e. The first kappa shape index (κ1) is 11.6. The Morgan fingerprint density at radius 2 is 2.07 bits per heavy atom. The van der Waals surface area contributed by atoms with Gasteiger partial charge in [0.15, 0.2) is 10.8 Å². The average Bonchev–Trinajstić information content (AvgIpc) is 2.01. The summed E-state index contributed by atoms with van der Waals surface area (Å²) >= 11 is 2.99. The van der Waals surface area contributed by atoms with Crippen LogP contribution >= 0.6 is 26.6 Å². The van der Waals surface area contributed by atoms with Crippen molar-refractivity contribution in [3.05, 3.63) is 22.3 Å². The number of pyridine rings is 1. The molecular formula is C7H5BrClNO3S. The summed E-state index contributed by atoms with van der Waals surface area (Å²) in [6.45, 7) is 1.33. The molecule has 0 saturated heterocycles. The molecule has 0 unspecified atom stereocenters. The highest BCUT2D eigenvalue weighted by atomic mass is 79.9. The molecule has 0 atom stereocenters. The number of hydrogen-bond acceptors (Lipinski definition) is 4. The minimum absolute atomic E-state index is 0.242. The number of carbonyl (C=O) groups excluding carboxylic acids is 1. The van der Waals surface area contributed by atoms with Crippen LogP contribution in [0.25, 0.3) is 0 Å². The summed E-state index contributed by atoms with van der Waals surface area (Å²) in [5.41, 5.74) is 0.242. The van der Waals surface area contributed by atoms with Crippen LogP contribution in [0.5, 0.6) is 0 Å². The van der Waals surface area contributed by atoms with Crippen LogP contribution in [0.4, 0.5) is 0 Å². The summed E-state index contributed by atoms with van der Waals surface area (Å²) in [4.78, 5) is 14.6. The van der Waals surface area contributed by atoms with Crippen molar-refractivity contribution in [2.75, 3.05) is 0 Å². The molecule has 0 amide bonds. The summed E-state index contributed by atoms with van der Waals surface area (Å²) < 4.78 is 22.1. The molecular weight excluding hydrogens is 294 g/mol. The third kappa shape index (κ3) is 2.76. The van der Waals surface area contributed by atoms with Gasteiger partial charge in [0, 0.05) is 16.2 Å². The van der Waals surface area contributed by atoms with Gasteiger partial charge in [0.05, 0.1) is 0 Å². The van der Waals surface area contributed by atoms with Crippen molar-refractivity contribution in [1.29, 1.82) is 0 Å². The van der Waals surface area contributed by atoms with E-state index in [-0.39, 0.29) is 21.0 Å². The van der Waals surface area contributed by atoms with Crippen molar-refractivity contribution in [2.45, 2.75) is 11.9 Å². The molecule has 14 heavy (non-hydrogen) atoms.